The molecule has 1 aliphatic carbocycles. The van der Waals surface area contributed by atoms with Crippen LogP contribution in [0.3, 0.4) is 0 Å². The monoisotopic (exact) mass is 151 g/mol. The zero-order valence-electron chi connectivity index (χ0n) is 5.87. The van der Waals surface area contributed by atoms with Crippen LogP contribution in [-0.2, 0) is 6.42 Å². The number of allylic oxidation sites excluding steroid dienone is 1. The Morgan fingerprint density at radius 2 is 2.60 bits per heavy atom. The summed E-state index contributed by atoms with van der Waals surface area (Å²) in [5.74, 6) is 0.702. The second-order valence-corrected chi connectivity index (χ2v) is 3.64. The van der Waals surface area contributed by atoms with E-state index in [4.69, 9.17) is 0 Å². The summed E-state index contributed by atoms with van der Waals surface area (Å²) in [5, 5.41) is 0. The van der Waals surface area contributed by atoms with Crippen molar-refractivity contribution in [2.24, 2.45) is 5.92 Å². The zero-order valence-corrected chi connectivity index (χ0v) is 6.69. The van der Waals surface area contributed by atoms with Crippen LogP contribution in [0.5, 0.6) is 0 Å². The minimum atomic E-state index is 0.702. The molecule has 0 saturated heterocycles. The molecule has 0 N–H and O–H groups in total. The summed E-state index contributed by atoms with van der Waals surface area (Å²) in [5.41, 5.74) is 3.11. The summed E-state index contributed by atoms with van der Waals surface area (Å²) in [6.45, 7) is 2.24. The molecule has 2 heteroatoms. The van der Waals surface area contributed by atoms with Crippen LogP contribution < -0.4 is 0 Å². The summed E-state index contributed by atoms with van der Waals surface area (Å²) < 4.78 is 0. The molecule has 10 heavy (non-hydrogen) atoms. The first kappa shape index (κ1) is 6.10. The highest BCUT2D eigenvalue weighted by atomic mass is 32.1. The Morgan fingerprint density at radius 3 is 3.50 bits per heavy atom. The molecule has 1 aromatic rings. The fraction of sp³-hybridized carbons (Fsp3) is 0.375. The third-order valence-corrected chi connectivity index (χ3v) is 2.63. The maximum Gasteiger partial charge on any atom is 0.0801 e. The van der Waals surface area contributed by atoms with E-state index in [9.17, 15) is 0 Å². The molecule has 0 fully saturated rings. The Bertz CT molecular complexity index is 262. The molecule has 0 bridgehead atoms. The van der Waals surface area contributed by atoms with Crippen LogP contribution in [0, 0.1) is 5.92 Å². The van der Waals surface area contributed by atoms with Gasteiger partial charge >= 0.3 is 0 Å². The number of nitrogens with zero attached hydrogens (tertiary/aromatic N) is 1. The predicted molar refractivity (Wildman–Crippen MR) is 44.0 cm³/mol. The van der Waals surface area contributed by atoms with Crippen molar-refractivity contribution >= 4 is 17.4 Å². The van der Waals surface area contributed by atoms with Crippen molar-refractivity contribution in [3.05, 3.63) is 22.2 Å². The minimum Gasteiger partial charge on any atom is -0.245 e. The van der Waals surface area contributed by atoms with Crippen LogP contribution in [-0.4, -0.2) is 4.98 Å². The number of hydrogen-bond acceptors (Lipinski definition) is 2. The van der Waals surface area contributed by atoms with Crippen molar-refractivity contribution in [1.29, 1.82) is 0 Å². The SMILES string of the molecule is CC1C=Cc2ncsc2C1. The van der Waals surface area contributed by atoms with Gasteiger partial charge in [0.15, 0.2) is 0 Å². The fourth-order valence-electron chi connectivity index (χ4n) is 1.18. The lowest BCUT2D eigenvalue weighted by molar-refractivity contribution is 0.725. The Kier molecular flexibility index (Phi) is 1.34. The fourth-order valence-corrected chi connectivity index (χ4v) is 2.08. The molecule has 0 radical (unpaired) electrons. The first-order valence-electron chi connectivity index (χ1n) is 3.47. The van der Waals surface area contributed by atoms with Gasteiger partial charge in [0.25, 0.3) is 0 Å². The van der Waals surface area contributed by atoms with Crippen LogP contribution in [0.25, 0.3) is 6.08 Å². The highest BCUT2D eigenvalue weighted by Gasteiger charge is 2.10. The quantitative estimate of drug-likeness (QED) is 0.554. The molecular weight excluding hydrogens is 142 g/mol. The first-order chi connectivity index (χ1) is 4.86. The van der Waals surface area contributed by atoms with Gasteiger partial charge in [0.05, 0.1) is 11.2 Å². The van der Waals surface area contributed by atoms with Crippen LogP contribution in [0.1, 0.15) is 17.5 Å². The van der Waals surface area contributed by atoms with E-state index in [-0.39, 0.29) is 0 Å². The summed E-state index contributed by atoms with van der Waals surface area (Å²) in [7, 11) is 0. The zero-order chi connectivity index (χ0) is 6.97. The van der Waals surface area contributed by atoms with E-state index in [1.54, 1.807) is 11.3 Å². The lowest BCUT2D eigenvalue weighted by Crippen LogP contribution is -1.99. The van der Waals surface area contributed by atoms with Crippen LogP contribution in [0.15, 0.2) is 11.6 Å². The van der Waals surface area contributed by atoms with Gasteiger partial charge in [-0.15, -0.1) is 11.3 Å². The van der Waals surface area contributed by atoms with E-state index in [2.05, 4.69) is 24.1 Å². The van der Waals surface area contributed by atoms with Gasteiger partial charge in [-0.2, -0.15) is 0 Å². The van der Waals surface area contributed by atoms with Gasteiger partial charge in [-0.05, 0) is 18.4 Å². The average molecular weight is 151 g/mol. The van der Waals surface area contributed by atoms with Crippen molar-refractivity contribution in [1.82, 2.24) is 4.98 Å². The van der Waals surface area contributed by atoms with Gasteiger partial charge < -0.3 is 0 Å². The Morgan fingerprint density at radius 1 is 1.70 bits per heavy atom. The average Bonchev–Trinajstić information content (AvgIpc) is 2.33. The lowest BCUT2D eigenvalue weighted by Gasteiger charge is -2.08. The molecular formula is C8H9NS. The molecule has 1 nitrogen and oxygen atoms in total. The standard InChI is InChI=1S/C8H9NS/c1-6-2-3-7-8(4-6)10-5-9-7/h2-3,5-6H,4H2,1H3. The van der Waals surface area contributed by atoms with E-state index >= 15 is 0 Å². The molecule has 0 aliphatic heterocycles. The number of hydrogen-bond donors (Lipinski definition) is 0. The van der Waals surface area contributed by atoms with Crippen LogP contribution in [0.4, 0.5) is 0 Å². The smallest absolute Gasteiger partial charge is 0.0801 e. The second-order valence-electron chi connectivity index (χ2n) is 2.70. The van der Waals surface area contributed by atoms with Gasteiger partial charge in [-0.1, -0.05) is 13.0 Å². The second kappa shape index (κ2) is 2.20. The molecule has 0 saturated carbocycles. The van der Waals surface area contributed by atoms with Crippen molar-refractivity contribution in [3.8, 4) is 0 Å². The largest absolute Gasteiger partial charge is 0.245 e. The molecule has 0 spiro atoms. The van der Waals surface area contributed by atoms with E-state index in [0.29, 0.717) is 5.92 Å². The number of rotatable bonds is 0. The van der Waals surface area contributed by atoms with Gasteiger partial charge in [-0.3, -0.25) is 0 Å². The Balaban J connectivity index is 2.43. The molecule has 1 unspecified atom stereocenters. The Labute approximate surface area is 64.4 Å². The molecule has 0 aromatic carbocycles. The topological polar surface area (TPSA) is 12.9 Å². The van der Waals surface area contributed by atoms with Crippen LogP contribution in [0.2, 0.25) is 0 Å². The normalized spacial score (nSPS) is 22.7. The molecule has 1 aromatic heterocycles. The number of fused-ring (bicyclic) bond motifs is 1. The molecule has 52 valence electrons. The molecule has 2 rings (SSSR count). The summed E-state index contributed by atoms with van der Waals surface area (Å²) in [6.07, 6.45) is 5.53. The van der Waals surface area contributed by atoms with Gasteiger partial charge in [-0.25, -0.2) is 4.98 Å². The Hall–Kier alpha value is -0.630. The highest BCUT2D eigenvalue weighted by Crippen LogP contribution is 2.24. The molecule has 1 heterocycles. The van der Waals surface area contributed by atoms with E-state index in [1.807, 2.05) is 5.51 Å². The summed E-state index contributed by atoms with van der Waals surface area (Å²) >= 11 is 1.77. The van der Waals surface area contributed by atoms with E-state index in [0.717, 1.165) is 0 Å². The van der Waals surface area contributed by atoms with Gasteiger partial charge in [0.2, 0.25) is 0 Å². The summed E-state index contributed by atoms with van der Waals surface area (Å²) in [6, 6.07) is 0. The maximum atomic E-state index is 4.22. The van der Waals surface area contributed by atoms with Crippen molar-refractivity contribution in [2.45, 2.75) is 13.3 Å². The van der Waals surface area contributed by atoms with E-state index < -0.39 is 0 Å². The molecule has 0 amide bonds. The minimum absolute atomic E-state index is 0.702. The molecule has 1 atom stereocenters. The van der Waals surface area contributed by atoms with E-state index in [1.165, 1.54) is 17.0 Å². The lowest BCUT2D eigenvalue weighted by atomic mass is 10.0. The van der Waals surface area contributed by atoms with Crippen molar-refractivity contribution in [3.63, 3.8) is 0 Å². The van der Waals surface area contributed by atoms with Crippen molar-refractivity contribution in [2.75, 3.05) is 0 Å². The number of aromatic nitrogens is 1. The molecule has 1 aliphatic rings. The van der Waals surface area contributed by atoms with Gasteiger partial charge in [0.1, 0.15) is 0 Å². The predicted octanol–water partition coefficient (Wildman–Crippen LogP) is 2.35. The third kappa shape index (κ3) is 0.886. The van der Waals surface area contributed by atoms with Gasteiger partial charge in [0, 0.05) is 4.88 Å². The van der Waals surface area contributed by atoms with Crippen LogP contribution >= 0.6 is 11.3 Å². The summed E-state index contributed by atoms with van der Waals surface area (Å²) in [4.78, 5) is 5.66. The third-order valence-electron chi connectivity index (χ3n) is 1.76. The first-order valence-corrected chi connectivity index (χ1v) is 4.35. The highest BCUT2D eigenvalue weighted by molar-refractivity contribution is 7.09. The number of thiazole rings is 1. The van der Waals surface area contributed by atoms with Crippen molar-refractivity contribution < 1.29 is 0 Å². The maximum absolute atomic E-state index is 4.22.